The van der Waals surface area contributed by atoms with Crippen LogP contribution in [0.1, 0.15) is 13.8 Å². The second-order valence-electron chi connectivity index (χ2n) is 5.45. The molecule has 0 unspecified atom stereocenters. The summed E-state index contributed by atoms with van der Waals surface area (Å²) in [6, 6.07) is 3.62. The van der Waals surface area contributed by atoms with Crippen LogP contribution in [0.5, 0.6) is 0 Å². The van der Waals surface area contributed by atoms with E-state index in [9.17, 15) is 8.42 Å². The van der Waals surface area contributed by atoms with Crippen LogP contribution < -0.4 is 10.6 Å². The molecule has 1 aliphatic rings. The van der Waals surface area contributed by atoms with Crippen LogP contribution >= 0.6 is 0 Å². The first-order valence-corrected chi connectivity index (χ1v) is 8.41. The Labute approximate surface area is 126 Å². The zero-order valence-corrected chi connectivity index (χ0v) is 13.5. The van der Waals surface area contributed by atoms with E-state index >= 15 is 0 Å². The number of nitrogen functional groups attached to an aromatic ring is 1. The van der Waals surface area contributed by atoms with Gasteiger partial charge >= 0.3 is 0 Å². The summed E-state index contributed by atoms with van der Waals surface area (Å²) in [5, 5.41) is 0. The standard InChI is InChI=1S/C13H23N5O2S/c1-11(2)16(3)21(19,20)18-8-6-17(7-9-18)12-4-5-13(14)15-10-12/h4-5,10-11H,6-9H2,1-3H3,(H2,14,15). The van der Waals surface area contributed by atoms with E-state index in [0.29, 0.717) is 32.0 Å². The van der Waals surface area contributed by atoms with Crippen LogP contribution in [0.25, 0.3) is 0 Å². The minimum Gasteiger partial charge on any atom is -0.384 e. The average molecular weight is 313 g/mol. The molecule has 0 saturated carbocycles. The van der Waals surface area contributed by atoms with Crippen LogP contribution in [0.3, 0.4) is 0 Å². The molecule has 1 aromatic rings. The number of nitrogens with zero attached hydrogens (tertiary/aromatic N) is 4. The smallest absolute Gasteiger partial charge is 0.282 e. The van der Waals surface area contributed by atoms with Gasteiger partial charge in [-0.05, 0) is 26.0 Å². The van der Waals surface area contributed by atoms with Gasteiger partial charge in [0.15, 0.2) is 0 Å². The Morgan fingerprint density at radius 2 is 1.86 bits per heavy atom. The molecule has 0 amide bonds. The summed E-state index contributed by atoms with van der Waals surface area (Å²) in [5.74, 6) is 0.485. The topological polar surface area (TPSA) is 82.8 Å². The molecule has 2 heterocycles. The maximum atomic E-state index is 12.4. The Bertz CT molecular complexity index is 565. The molecule has 2 N–H and O–H groups in total. The zero-order valence-electron chi connectivity index (χ0n) is 12.7. The molecule has 118 valence electrons. The van der Waals surface area contributed by atoms with Crippen molar-refractivity contribution in [2.45, 2.75) is 19.9 Å². The van der Waals surface area contributed by atoms with Gasteiger partial charge in [0.25, 0.3) is 10.2 Å². The van der Waals surface area contributed by atoms with Crippen LogP contribution in [0.2, 0.25) is 0 Å². The van der Waals surface area contributed by atoms with Crippen molar-refractivity contribution in [1.82, 2.24) is 13.6 Å². The number of piperazine rings is 1. The summed E-state index contributed by atoms with van der Waals surface area (Å²) in [7, 11) is -1.75. The minimum atomic E-state index is -3.37. The van der Waals surface area contributed by atoms with E-state index in [1.54, 1.807) is 19.3 Å². The van der Waals surface area contributed by atoms with Gasteiger partial charge in [-0.15, -0.1) is 0 Å². The van der Waals surface area contributed by atoms with Gasteiger partial charge in [0.1, 0.15) is 5.82 Å². The number of rotatable bonds is 4. The number of hydrogen-bond acceptors (Lipinski definition) is 5. The van der Waals surface area contributed by atoms with E-state index in [4.69, 9.17) is 5.73 Å². The lowest BCUT2D eigenvalue weighted by Crippen LogP contribution is -2.53. The van der Waals surface area contributed by atoms with Crippen molar-refractivity contribution < 1.29 is 8.42 Å². The van der Waals surface area contributed by atoms with E-state index in [0.717, 1.165) is 5.69 Å². The van der Waals surface area contributed by atoms with Crippen LogP contribution in [-0.2, 0) is 10.2 Å². The highest BCUT2D eigenvalue weighted by atomic mass is 32.2. The summed E-state index contributed by atoms with van der Waals surface area (Å²) >= 11 is 0. The summed E-state index contributed by atoms with van der Waals surface area (Å²) in [5.41, 5.74) is 6.55. The zero-order chi connectivity index (χ0) is 15.6. The monoisotopic (exact) mass is 313 g/mol. The second-order valence-corrected chi connectivity index (χ2v) is 7.43. The number of aromatic nitrogens is 1. The quantitative estimate of drug-likeness (QED) is 0.868. The normalized spacial score (nSPS) is 17.7. The van der Waals surface area contributed by atoms with Crippen molar-refractivity contribution in [2.75, 3.05) is 43.9 Å². The Balaban J connectivity index is 2.02. The van der Waals surface area contributed by atoms with Crippen LogP contribution in [0.4, 0.5) is 11.5 Å². The average Bonchev–Trinajstić information content (AvgIpc) is 2.47. The predicted molar refractivity (Wildman–Crippen MR) is 84.3 cm³/mol. The minimum absolute atomic E-state index is 0.0469. The van der Waals surface area contributed by atoms with Crippen molar-refractivity contribution in [2.24, 2.45) is 0 Å². The van der Waals surface area contributed by atoms with Gasteiger partial charge in [0.05, 0.1) is 11.9 Å². The van der Waals surface area contributed by atoms with Crippen molar-refractivity contribution in [1.29, 1.82) is 0 Å². The van der Waals surface area contributed by atoms with Crippen molar-refractivity contribution in [3.63, 3.8) is 0 Å². The molecule has 0 aliphatic carbocycles. The third-order valence-electron chi connectivity index (χ3n) is 3.79. The third kappa shape index (κ3) is 3.45. The summed E-state index contributed by atoms with van der Waals surface area (Å²) in [6.07, 6.45) is 1.72. The maximum Gasteiger partial charge on any atom is 0.282 e. The Morgan fingerprint density at radius 3 is 2.33 bits per heavy atom. The summed E-state index contributed by atoms with van der Waals surface area (Å²) in [4.78, 5) is 6.19. The molecule has 1 aliphatic heterocycles. The van der Waals surface area contributed by atoms with Gasteiger partial charge in [-0.25, -0.2) is 4.98 Å². The van der Waals surface area contributed by atoms with E-state index in [2.05, 4.69) is 9.88 Å². The SMILES string of the molecule is CC(C)N(C)S(=O)(=O)N1CCN(c2ccc(N)nc2)CC1. The molecule has 7 nitrogen and oxygen atoms in total. The van der Waals surface area contributed by atoms with Crippen LogP contribution in [-0.4, -0.2) is 61.3 Å². The largest absolute Gasteiger partial charge is 0.384 e. The van der Waals surface area contributed by atoms with Crippen LogP contribution in [0.15, 0.2) is 18.3 Å². The van der Waals surface area contributed by atoms with Crippen molar-refractivity contribution in [3.05, 3.63) is 18.3 Å². The number of hydrogen-bond donors (Lipinski definition) is 1. The molecule has 1 aromatic heterocycles. The molecular formula is C13H23N5O2S. The molecule has 0 atom stereocenters. The fourth-order valence-corrected chi connectivity index (χ4v) is 3.73. The molecule has 2 rings (SSSR count). The maximum absolute atomic E-state index is 12.4. The molecule has 1 saturated heterocycles. The fraction of sp³-hybridized carbons (Fsp3) is 0.615. The predicted octanol–water partition coefficient (Wildman–Crippen LogP) is 0.371. The molecule has 21 heavy (non-hydrogen) atoms. The summed E-state index contributed by atoms with van der Waals surface area (Å²) < 4.78 is 27.8. The number of nitrogens with two attached hydrogens (primary N) is 1. The summed E-state index contributed by atoms with van der Waals surface area (Å²) in [6.45, 7) is 5.99. The molecule has 1 fully saturated rings. The lowest BCUT2D eigenvalue weighted by Gasteiger charge is -2.37. The van der Waals surface area contributed by atoms with E-state index in [1.807, 2.05) is 19.9 Å². The van der Waals surface area contributed by atoms with Crippen molar-refractivity contribution in [3.8, 4) is 0 Å². The fourth-order valence-electron chi connectivity index (χ4n) is 2.21. The number of anilines is 2. The van der Waals surface area contributed by atoms with Gasteiger partial charge in [-0.1, -0.05) is 0 Å². The Kier molecular flexibility index (Phi) is 4.70. The first kappa shape index (κ1) is 16.0. The lowest BCUT2D eigenvalue weighted by molar-refractivity contribution is 0.323. The Hall–Kier alpha value is -1.38. The van der Waals surface area contributed by atoms with Gasteiger partial charge in [0.2, 0.25) is 0 Å². The first-order chi connectivity index (χ1) is 9.82. The third-order valence-corrected chi connectivity index (χ3v) is 5.96. The first-order valence-electron chi connectivity index (χ1n) is 7.02. The van der Waals surface area contributed by atoms with Gasteiger partial charge < -0.3 is 10.6 Å². The van der Waals surface area contributed by atoms with Gasteiger partial charge in [0, 0.05) is 39.3 Å². The second kappa shape index (κ2) is 6.17. The molecule has 0 spiro atoms. The van der Waals surface area contributed by atoms with E-state index in [-0.39, 0.29) is 6.04 Å². The van der Waals surface area contributed by atoms with E-state index < -0.39 is 10.2 Å². The molecular weight excluding hydrogens is 290 g/mol. The van der Waals surface area contributed by atoms with Gasteiger partial charge in [-0.2, -0.15) is 17.0 Å². The van der Waals surface area contributed by atoms with Crippen LogP contribution in [0, 0.1) is 0 Å². The Morgan fingerprint density at radius 1 is 1.24 bits per heavy atom. The lowest BCUT2D eigenvalue weighted by atomic mass is 10.3. The molecule has 0 aromatic carbocycles. The highest BCUT2D eigenvalue weighted by molar-refractivity contribution is 7.86. The van der Waals surface area contributed by atoms with Gasteiger partial charge in [-0.3, -0.25) is 0 Å². The highest BCUT2D eigenvalue weighted by Crippen LogP contribution is 2.19. The highest BCUT2D eigenvalue weighted by Gasteiger charge is 2.31. The van der Waals surface area contributed by atoms with Crippen molar-refractivity contribution >= 4 is 21.7 Å². The molecule has 0 bridgehead atoms. The van der Waals surface area contributed by atoms with E-state index in [1.165, 1.54) is 8.61 Å². The molecule has 0 radical (unpaired) electrons. The number of pyridine rings is 1. The molecule has 8 heteroatoms.